The summed E-state index contributed by atoms with van der Waals surface area (Å²) in [5.74, 6) is -0.826. The van der Waals surface area contributed by atoms with Gasteiger partial charge in [0.25, 0.3) is 0 Å². The molecule has 1 saturated heterocycles. The van der Waals surface area contributed by atoms with Crippen LogP contribution in [-0.2, 0) is 9.59 Å². The van der Waals surface area contributed by atoms with Crippen molar-refractivity contribution in [3.63, 3.8) is 0 Å². The molecule has 0 spiro atoms. The smallest absolute Gasteiger partial charge is 0.238 e. The topological polar surface area (TPSA) is 82.6 Å². The molecule has 6 nitrogen and oxygen atoms in total. The molecule has 184 valence electrons. The highest BCUT2D eigenvalue weighted by Gasteiger charge is 2.69. The van der Waals surface area contributed by atoms with Gasteiger partial charge in [0.15, 0.2) is 15.5 Å². The average Bonchev–Trinajstić information content (AvgIpc) is 3.59. The van der Waals surface area contributed by atoms with Crippen molar-refractivity contribution in [3.8, 4) is 11.5 Å². The monoisotopic (exact) mass is 540 g/mol. The summed E-state index contributed by atoms with van der Waals surface area (Å²) in [5.41, 5.74) is 1.43. The molecule has 2 aliphatic carbocycles. The molecule has 3 heterocycles. The lowest BCUT2D eigenvalue weighted by Gasteiger charge is -2.43. The van der Waals surface area contributed by atoms with Crippen LogP contribution in [0.25, 0.3) is 0 Å². The van der Waals surface area contributed by atoms with E-state index in [0.29, 0.717) is 15.4 Å². The molecule has 2 N–H and O–H groups in total. The minimum Gasteiger partial charge on any atom is -0.504 e. The van der Waals surface area contributed by atoms with E-state index >= 15 is 0 Å². The van der Waals surface area contributed by atoms with Gasteiger partial charge in [-0.1, -0.05) is 6.07 Å². The molecular weight excluding hydrogens is 519 g/mol. The fraction of sp³-hybridized carbons (Fsp3) is 0.346. The number of hydrogen-bond donors (Lipinski definition) is 2. The number of nitrogens with zero attached hydrogens (tertiary/aromatic N) is 1. The quantitative estimate of drug-likeness (QED) is 0.345. The Bertz CT molecular complexity index is 1490. The number of hydrogen-bond acceptors (Lipinski definition) is 7. The van der Waals surface area contributed by atoms with Crippen LogP contribution in [0.15, 0.2) is 47.5 Å². The van der Waals surface area contributed by atoms with Crippen molar-refractivity contribution in [2.75, 3.05) is 12.0 Å². The van der Waals surface area contributed by atoms with Crippen molar-refractivity contribution in [1.29, 1.82) is 0 Å². The zero-order valence-electron chi connectivity index (χ0n) is 19.0. The lowest BCUT2D eigenvalue weighted by molar-refractivity contribution is -0.123. The van der Waals surface area contributed by atoms with Crippen molar-refractivity contribution >= 4 is 52.8 Å². The van der Waals surface area contributed by atoms with Gasteiger partial charge in [0.2, 0.25) is 11.8 Å². The Morgan fingerprint density at radius 2 is 1.83 bits per heavy atom. The number of aromatic amines is 1. The molecule has 0 radical (unpaired) electrons. The first-order chi connectivity index (χ1) is 17.4. The first kappa shape index (κ1) is 22.5. The molecule has 2 saturated carbocycles. The number of H-pyrrole nitrogens is 1. The third kappa shape index (κ3) is 2.98. The van der Waals surface area contributed by atoms with Crippen LogP contribution >= 0.6 is 35.3 Å². The highest BCUT2D eigenvalue weighted by Crippen LogP contribution is 2.69. The molecule has 2 aliphatic heterocycles. The van der Waals surface area contributed by atoms with Gasteiger partial charge in [-0.05, 0) is 78.4 Å². The number of phenols is 1. The van der Waals surface area contributed by atoms with Crippen molar-refractivity contribution in [2.45, 2.75) is 22.6 Å². The number of thiazole rings is 1. The van der Waals surface area contributed by atoms with E-state index in [9.17, 15) is 19.1 Å². The molecule has 7 unspecified atom stereocenters. The highest BCUT2D eigenvalue weighted by molar-refractivity contribution is 8.00. The summed E-state index contributed by atoms with van der Waals surface area (Å²) in [5, 5.41) is 11.4. The van der Waals surface area contributed by atoms with E-state index < -0.39 is 5.82 Å². The van der Waals surface area contributed by atoms with E-state index in [0.717, 1.165) is 21.9 Å². The third-order valence-corrected chi connectivity index (χ3v) is 11.3. The molecular formula is C26H21FN2O4S3. The Labute approximate surface area is 219 Å². The number of nitrogens with one attached hydrogen (secondary N) is 1. The maximum atomic E-state index is 13.7. The molecule has 2 bridgehead atoms. The number of benzene rings is 2. The summed E-state index contributed by atoms with van der Waals surface area (Å²) in [6.45, 7) is 0. The van der Waals surface area contributed by atoms with Gasteiger partial charge in [0, 0.05) is 16.0 Å². The molecule has 2 aromatic carbocycles. The second-order valence-corrected chi connectivity index (χ2v) is 12.8. The third-order valence-electron chi connectivity index (χ3n) is 8.37. The van der Waals surface area contributed by atoms with Crippen molar-refractivity contribution < 1.29 is 23.8 Å². The van der Waals surface area contributed by atoms with Crippen LogP contribution < -0.4 is 9.64 Å². The molecule has 4 aliphatic rings. The van der Waals surface area contributed by atoms with Crippen LogP contribution in [-0.4, -0.2) is 34.3 Å². The van der Waals surface area contributed by atoms with Gasteiger partial charge in [-0.15, -0.1) is 23.1 Å². The van der Waals surface area contributed by atoms with Crippen LogP contribution in [0, 0.1) is 39.4 Å². The van der Waals surface area contributed by atoms with E-state index in [1.807, 2.05) is 12.1 Å². The van der Waals surface area contributed by atoms with E-state index in [4.69, 9.17) is 17.0 Å². The summed E-state index contributed by atoms with van der Waals surface area (Å²) in [6.07, 6.45) is 0.827. The fourth-order valence-corrected chi connectivity index (χ4v) is 10.5. The zero-order chi connectivity index (χ0) is 24.9. The number of aromatic nitrogens is 1. The Morgan fingerprint density at radius 1 is 1.11 bits per heavy atom. The molecule has 7 rings (SSSR count). The SMILES string of the molecule is COc1cc(C2c3sc(=S)[nH]c3SC3C4CC(C5C(=O)N(c6ccc(F)cc6)C(=O)C45)C23)ccc1O. The fourth-order valence-electron chi connectivity index (χ4n) is 7.12. The molecule has 36 heavy (non-hydrogen) atoms. The van der Waals surface area contributed by atoms with Crippen LogP contribution in [0.4, 0.5) is 10.1 Å². The molecule has 1 aromatic heterocycles. The highest BCUT2D eigenvalue weighted by atomic mass is 32.2. The number of imide groups is 1. The van der Waals surface area contributed by atoms with Crippen molar-refractivity contribution in [1.82, 2.24) is 4.98 Å². The predicted octanol–water partition coefficient (Wildman–Crippen LogP) is 5.34. The summed E-state index contributed by atoms with van der Waals surface area (Å²) in [4.78, 5) is 33.1. The minimum atomic E-state index is -0.406. The molecule has 3 fully saturated rings. The minimum absolute atomic E-state index is 0.0302. The number of anilines is 1. The first-order valence-electron chi connectivity index (χ1n) is 11.8. The van der Waals surface area contributed by atoms with Gasteiger partial charge in [0.05, 0.1) is 29.7 Å². The maximum absolute atomic E-state index is 13.7. The number of thioether (sulfide) groups is 1. The first-order valence-corrected chi connectivity index (χ1v) is 13.9. The van der Waals surface area contributed by atoms with Gasteiger partial charge in [0.1, 0.15) is 5.82 Å². The summed E-state index contributed by atoms with van der Waals surface area (Å²) >= 11 is 8.80. The molecule has 7 atom stereocenters. The summed E-state index contributed by atoms with van der Waals surface area (Å²) < 4.78 is 19.6. The number of fused-ring (bicyclic) bond motifs is 9. The predicted molar refractivity (Wildman–Crippen MR) is 137 cm³/mol. The van der Waals surface area contributed by atoms with Crippen molar-refractivity contribution in [2.24, 2.45) is 29.6 Å². The molecule has 3 aromatic rings. The van der Waals surface area contributed by atoms with E-state index in [2.05, 4.69) is 4.98 Å². The standard InChI is InChI=1S/C26H21FN2O4S3/c1-33-16-8-10(2-7-15(16)30)17-18-13-9-14(21(18)35-23-22(17)36-26(34)28-23)20-19(13)24(31)29(25(20)32)12-5-3-11(27)4-6-12/h2-8,13-14,17-21,30H,9H2,1H3,(H,28,34). The number of amides is 2. The van der Waals surface area contributed by atoms with Gasteiger partial charge in [-0.3, -0.25) is 14.5 Å². The van der Waals surface area contributed by atoms with Crippen LogP contribution in [0.1, 0.15) is 22.8 Å². The van der Waals surface area contributed by atoms with Gasteiger partial charge in [-0.25, -0.2) is 4.39 Å². The Morgan fingerprint density at radius 3 is 2.56 bits per heavy atom. The van der Waals surface area contributed by atoms with Crippen LogP contribution in [0.3, 0.4) is 0 Å². The average molecular weight is 541 g/mol. The molecule has 2 amide bonds. The number of carbonyl (C=O) groups is 2. The van der Waals surface area contributed by atoms with Gasteiger partial charge >= 0.3 is 0 Å². The second kappa shape index (κ2) is 7.90. The van der Waals surface area contributed by atoms with Gasteiger partial charge < -0.3 is 14.8 Å². The molecule has 10 heteroatoms. The lowest BCUT2D eigenvalue weighted by atomic mass is 9.68. The lowest BCUT2D eigenvalue weighted by Crippen LogP contribution is -2.42. The Kier molecular flexibility index (Phi) is 4.94. The van der Waals surface area contributed by atoms with Crippen LogP contribution in [0.2, 0.25) is 0 Å². The van der Waals surface area contributed by atoms with Crippen molar-refractivity contribution in [3.05, 3.63) is 62.7 Å². The van der Waals surface area contributed by atoms with Gasteiger partial charge in [-0.2, -0.15) is 0 Å². The second-order valence-electron chi connectivity index (χ2n) is 9.88. The number of carbonyl (C=O) groups excluding carboxylic acids is 2. The summed E-state index contributed by atoms with van der Waals surface area (Å²) in [7, 11) is 1.53. The number of halogens is 1. The van der Waals surface area contributed by atoms with E-state index in [-0.39, 0.29) is 58.3 Å². The number of phenolic OH excluding ortho intramolecular Hbond substituents is 1. The normalized spacial score (nSPS) is 31.9. The Balaban J connectivity index is 1.33. The Hall–Kier alpha value is -2.69. The number of methoxy groups -OCH3 is 1. The number of aromatic hydroxyl groups is 1. The zero-order valence-corrected chi connectivity index (χ0v) is 21.5. The van der Waals surface area contributed by atoms with E-state index in [1.165, 1.54) is 36.3 Å². The van der Waals surface area contributed by atoms with Crippen LogP contribution in [0.5, 0.6) is 11.5 Å². The largest absolute Gasteiger partial charge is 0.504 e. The number of ether oxygens (including phenoxy) is 1. The maximum Gasteiger partial charge on any atom is 0.238 e. The number of rotatable bonds is 3. The van der Waals surface area contributed by atoms with E-state index in [1.54, 1.807) is 29.2 Å². The summed E-state index contributed by atoms with van der Waals surface area (Å²) in [6, 6.07) is 11.0.